The lowest BCUT2D eigenvalue weighted by Crippen LogP contribution is -2.39. The van der Waals surface area contributed by atoms with Crippen molar-refractivity contribution < 1.29 is 9.59 Å². The maximum Gasteiger partial charge on any atom is 0.274 e. The Hall–Kier alpha value is -2.96. The van der Waals surface area contributed by atoms with Crippen LogP contribution in [0.1, 0.15) is 67.9 Å². The number of carbonyl (C=O) groups excluding carboxylic acids is 2. The van der Waals surface area contributed by atoms with E-state index in [2.05, 4.69) is 25.5 Å². The molecule has 2 N–H and O–H groups in total. The Kier molecular flexibility index (Phi) is 6.79. The number of benzene rings is 1. The molecule has 164 valence electrons. The summed E-state index contributed by atoms with van der Waals surface area (Å²) in [6.07, 6.45) is 10.3. The van der Waals surface area contributed by atoms with Gasteiger partial charge in [-0.3, -0.25) is 9.59 Å². The Morgan fingerprint density at radius 3 is 2.45 bits per heavy atom. The minimum absolute atomic E-state index is 0.0686. The fourth-order valence-electron chi connectivity index (χ4n) is 4.16. The van der Waals surface area contributed by atoms with Gasteiger partial charge in [0, 0.05) is 37.8 Å². The van der Waals surface area contributed by atoms with Crippen molar-refractivity contribution in [3.63, 3.8) is 0 Å². The maximum absolute atomic E-state index is 12.8. The van der Waals surface area contributed by atoms with E-state index in [1.54, 1.807) is 0 Å². The summed E-state index contributed by atoms with van der Waals surface area (Å²) >= 11 is 0. The number of nitrogens with zero attached hydrogens (tertiary/aromatic N) is 3. The number of anilines is 2. The van der Waals surface area contributed by atoms with Gasteiger partial charge in [-0.2, -0.15) is 0 Å². The molecule has 2 aliphatic carbocycles. The van der Waals surface area contributed by atoms with Crippen LogP contribution in [0.4, 0.5) is 11.5 Å². The molecule has 2 amide bonds. The van der Waals surface area contributed by atoms with Gasteiger partial charge >= 0.3 is 0 Å². The van der Waals surface area contributed by atoms with Gasteiger partial charge in [-0.15, -0.1) is 0 Å². The molecule has 2 aliphatic rings. The topological polar surface area (TPSA) is 87.2 Å². The molecule has 2 fully saturated rings. The molecule has 7 nitrogen and oxygen atoms in total. The summed E-state index contributed by atoms with van der Waals surface area (Å²) in [6.45, 7) is 2.99. The van der Waals surface area contributed by atoms with Gasteiger partial charge in [-0.1, -0.05) is 31.4 Å². The number of rotatable bonds is 8. The molecule has 31 heavy (non-hydrogen) atoms. The van der Waals surface area contributed by atoms with Crippen LogP contribution in [0.2, 0.25) is 0 Å². The van der Waals surface area contributed by atoms with Crippen molar-refractivity contribution in [1.29, 1.82) is 0 Å². The van der Waals surface area contributed by atoms with Crippen LogP contribution in [-0.2, 0) is 11.3 Å². The first-order chi connectivity index (χ1) is 15.1. The highest BCUT2D eigenvalue weighted by molar-refractivity contribution is 6.03. The lowest BCUT2D eigenvalue weighted by atomic mass is 9.94. The number of hydrogen-bond acceptors (Lipinski definition) is 5. The number of nitrogens with one attached hydrogen (secondary N) is 2. The molecule has 1 aromatic heterocycles. The van der Waals surface area contributed by atoms with Crippen LogP contribution < -0.4 is 15.5 Å². The number of hydrogen-bond donors (Lipinski definition) is 2. The predicted octanol–water partition coefficient (Wildman–Crippen LogP) is 3.91. The molecule has 2 aromatic rings. The Balaban J connectivity index is 1.43. The number of aromatic nitrogens is 2. The summed E-state index contributed by atoms with van der Waals surface area (Å²) < 4.78 is 0. The van der Waals surface area contributed by atoms with Crippen molar-refractivity contribution in [2.24, 2.45) is 5.92 Å². The highest BCUT2D eigenvalue weighted by Crippen LogP contribution is 2.34. The van der Waals surface area contributed by atoms with E-state index in [1.165, 1.54) is 58.2 Å². The second-order valence-corrected chi connectivity index (χ2v) is 8.71. The molecule has 4 rings (SSSR count). The smallest absolute Gasteiger partial charge is 0.274 e. The molecule has 0 saturated heterocycles. The van der Waals surface area contributed by atoms with Crippen LogP contribution >= 0.6 is 0 Å². The molecule has 1 aromatic carbocycles. The highest BCUT2D eigenvalue weighted by Gasteiger charge is 2.30. The molecule has 0 bridgehead atoms. The van der Waals surface area contributed by atoms with Gasteiger partial charge < -0.3 is 15.5 Å². The first-order valence-electron chi connectivity index (χ1n) is 11.3. The zero-order valence-corrected chi connectivity index (χ0v) is 18.1. The van der Waals surface area contributed by atoms with Gasteiger partial charge in [-0.05, 0) is 49.3 Å². The second kappa shape index (κ2) is 9.90. The van der Waals surface area contributed by atoms with Gasteiger partial charge in [0.2, 0.25) is 5.91 Å². The fourth-order valence-corrected chi connectivity index (χ4v) is 4.16. The van der Waals surface area contributed by atoms with Crippen molar-refractivity contribution in [2.75, 3.05) is 16.8 Å². The molecule has 0 spiro atoms. The Morgan fingerprint density at radius 1 is 1.03 bits per heavy atom. The third kappa shape index (κ3) is 6.03. The Bertz CT molecular complexity index is 904. The minimum Gasteiger partial charge on any atom is -0.353 e. The first kappa shape index (κ1) is 21.3. The van der Waals surface area contributed by atoms with E-state index in [-0.39, 0.29) is 11.8 Å². The van der Waals surface area contributed by atoms with Crippen molar-refractivity contribution in [3.8, 4) is 0 Å². The van der Waals surface area contributed by atoms with E-state index >= 15 is 0 Å². The lowest BCUT2D eigenvalue weighted by molar-refractivity contribution is -0.119. The van der Waals surface area contributed by atoms with Crippen LogP contribution in [0.15, 0.2) is 36.7 Å². The summed E-state index contributed by atoms with van der Waals surface area (Å²) in [5, 5.41) is 5.68. The van der Waals surface area contributed by atoms with Crippen molar-refractivity contribution in [2.45, 2.75) is 64.5 Å². The van der Waals surface area contributed by atoms with Gasteiger partial charge in [0.05, 0.1) is 0 Å². The third-order valence-corrected chi connectivity index (χ3v) is 6.10. The monoisotopic (exact) mass is 421 g/mol. The van der Waals surface area contributed by atoms with E-state index < -0.39 is 0 Å². The van der Waals surface area contributed by atoms with Crippen LogP contribution in [0.3, 0.4) is 0 Å². The minimum atomic E-state index is -0.242. The summed E-state index contributed by atoms with van der Waals surface area (Å²) in [7, 11) is 0. The number of amides is 2. The normalized spacial score (nSPS) is 16.5. The molecule has 7 heteroatoms. The average molecular weight is 422 g/mol. The molecule has 1 heterocycles. The van der Waals surface area contributed by atoms with E-state index in [0.717, 1.165) is 23.8 Å². The highest BCUT2D eigenvalue weighted by atomic mass is 16.2. The molecule has 0 unspecified atom stereocenters. The lowest BCUT2D eigenvalue weighted by Gasteiger charge is -2.35. The second-order valence-electron chi connectivity index (χ2n) is 8.71. The van der Waals surface area contributed by atoms with Crippen molar-refractivity contribution >= 4 is 23.3 Å². The zero-order valence-electron chi connectivity index (χ0n) is 18.1. The predicted molar refractivity (Wildman–Crippen MR) is 121 cm³/mol. The molecule has 2 saturated carbocycles. The van der Waals surface area contributed by atoms with E-state index in [0.29, 0.717) is 24.0 Å². The average Bonchev–Trinajstić information content (AvgIpc) is 3.62. The van der Waals surface area contributed by atoms with Crippen molar-refractivity contribution in [3.05, 3.63) is 47.9 Å². The molecular weight excluding hydrogens is 390 g/mol. The van der Waals surface area contributed by atoms with Gasteiger partial charge in [0.15, 0.2) is 0 Å². The van der Waals surface area contributed by atoms with Gasteiger partial charge in [-0.25, -0.2) is 9.97 Å². The molecule has 0 aliphatic heterocycles. The number of carbonyl (C=O) groups is 2. The van der Waals surface area contributed by atoms with Crippen LogP contribution in [0.5, 0.6) is 0 Å². The van der Waals surface area contributed by atoms with Crippen LogP contribution in [0.25, 0.3) is 0 Å². The zero-order chi connectivity index (χ0) is 21.6. The van der Waals surface area contributed by atoms with Crippen molar-refractivity contribution in [1.82, 2.24) is 15.3 Å². The molecular formula is C24H31N5O2. The van der Waals surface area contributed by atoms with Gasteiger partial charge in [0.25, 0.3) is 5.91 Å². The Morgan fingerprint density at radius 2 is 1.77 bits per heavy atom. The first-order valence-corrected chi connectivity index (χ1v) is 11.3. The van der Waals surface area contributed by atoms with Gasteiger partial charge in [0.1, 0.15) is 17.8 Å². The summed E-state index contributed by atoms with van der Waals surface area (Å²) in [5.74, 6) is 1.31. The Labute approximate surface area is 183 Å². The maximum atomic E-state index is 12.8. The SMILES string of the molecule is CC(=O)NCc1ccc(NC(=O)c2cc(N(CC3CC3)C3CCCCC3)ncn2)cc1. The third-order valence-electron chi connectivity index (χ3n) is 6.10. The van der Waals surface area contributed by atoms with Crippen LogP contribution in [-0.4, -0.2) is 34.4 Å². The quantitative estimate of drug-likeness (QED) is 0.675. The summed E-state index contributed by atoms with van der Waals surface area (Å²) in [6, 6.07) is 9.78. The van der Waals surface area contributed by atoms with E-state index in [1.807, 2.05) is 30.3 Å². The molecule has 0 atom stereocenters. The molecule has 0 radical (unpaired) electrons. The van der Waals surface area contributed by atoms with Crippen LogP contribution in [0, 0.1) is 5.92 Å². The standard InChI is InChI=1S/C24H31N5O2/c1-17(30)25-14-18-9-11-20(12-10-18)28-24(31)22-13-23(27-16-26-22)29(15-19-7-8-19)21-5-3-2-4-6-21/h9-13,16,19,21H,2-8,14-15H2,1H3,(H,25,30)(H,28,31). The summed E-state index contributed by atoms with van der Waals surface area (Å²) in [5.41, 5.74) is 2.04. The van der Waals surface area contributed by atoms with E-state index in [9.17, 15) is 9.59 Å². The largest absolute Gasteiger partial charge is 0.353 e. The summed E-state index contributed by atoms with van der Waals surface area (Å²) in [4.78, 5) is 35.0. The van der Waals surface area contributed by atoms with E-state index in [4.69, 9.17) is 0 Å². The fraction of sp³-hybridized carbons (Fsp3) is 0.500.